The molecule has 6 nitrogen and oxygen atoms in total. The van der Waals surface area contributed by atoms with Gasteiger partial charge in [0, 0.05) is 11.6 Å². The smallest absolute Gasteiger partial charge is 0.416 e. The fraction of sp³-hybridized carbons (Fsp3) is 0.167. The summed E-state index contributed by atoms with van der Waals surface area (Å²) in [5, 5.41) is 9.52. The third-order valence-corrected chi connectivity index (χ3v) is 4.10. The van der Waals surface area contributed by atoms with Gasteiger partial charge in [-0.1, -0.05) is 13.0 Å². The first kappa shape index (κ1) is 18.4. The Kier molecular flexibility index (Phi) is 4.61. The summed E-state index contributed by atoms with van der Waals surface area (Å²) in [5.74, 6) is -1.11. The lowest BCUT2D eigenvalue weighted by molar-refractivity contribution is -0.137. The molecule has 27 heavy (non-hydrogen) atoms. The van der Waals surface area contributed by atoms with E-state index >= 15 is 0 Å². The van der Waals surface area contributed by atoms with Crippen LogP contribution in [-0.2, 0) is 12.6 Å². The number of aryl methyl sites for hydroxylation is 1. The number of nitrogens with one attached hydrogen (secondary N) is 1. The van der Waals surface area contributed by atoms with Crippen LogP contribution in [0.4, 0.5) is 19.0 Å². The van der Waals surface area contributed by atoms with Gasteiger partial charge in [0.05, 0.1) is 17.0 Å². The number of anilines is 1. The lowest BCUT2D eigenvalue weighted by Crippen LogP contribution is -2.06. The molecule has 4 N–H and O–H groups in total. The number of H-pyrrole nitrogens is 1. The molecule has 0 aliphatic rings. The summed E-state index contributed by atoms with van der Waals surface area (Å²) < 4.78 is 39.4. The van der Waals surface area contributed by atoms with Crippen molar-refractivity contribution in [1.82, 2.24) is 15.0 Å². The number of carboxylic acids is 1. The van der Waals surface area contributed by atoms with Gasteiger partial charge < -0.3 is 15.8 Å². The third-order valence-electron chi connectivity index (χ3n) is 4.10. The van der Waals surface area contributed by atoms with Crippen LogP contribution in [-0.4, -0.2) is 26.0 Å². The second kappa shape index (κ2) is 6.75. The molecule has 2 aromatic heterocycles. The maximum Gasteiger partial charge on any atom is 0.416 e. The summed E-state index contributed by atoms with van der Waals surface area (Å²) in [6.07, 6.45) is -2.88. The highest BCUT2D eigenvalue weighted by Gasteiger charge is 2.31. The maximum atomic E-state index is 13.1. The Labute approximate surface area is 151 Å². The van der Waals surface area contributed by atoms with Gasteiger partial charge >= 0.3 is 12.1 Å². The number of carboxylic acid groups (broad SMARTS) is 1. The second-order valence-electron chi connectivity index (χ2n) is 5.83. The molecular formula is C18H15F3N4O2. The van der Waals surface area contributed by atoms with Crippen LogP contribution in [0.25, 0.3) is 22.5 Å². The number of rotatable bonds is 4. The van der Waals surface area contributed by atoms with Gasteiger partial charge in [-0.05, 0) is 35.7 Å². The molecule has 140 valence electrons. The van der Waals surface area contributed by atoms with E-state index < -0.39 is 17.7 Å². The zero-order valence-electron chi connectivity index (χ0n) is 14.1. The molecule has 1 aromatic carbocycles. The molecule has 0 saturated carbocycles. The van der Waals surface area contributed by atoms with Gasteiger partial charge in [-0.15, -0.1) is 0 Å². The number of halogens is 3. The molecule has 2 heterocycles. The molecule has 0 amide bonds. The Balaban J connectivity index is 2.23. The molecule has 0 aliphatic carbocycles. The molecule has 9 heteroatoms. The number of nitrogens with two attached hydrogens (primary N) is 1. The predicted octanol–water partition coefficient (Wildman–Crippen LogP) is 4.00. The van der Waals surface area contributed by atoms with Gasteiger partial charge in [-0.2, -0.15) is 13.2 Å². The number of benzene rings is 1. The van der Waals surface area contributed by atoms with Crippen molar-refractivity contribution in [1.29, 1.82) is 0 Å². The highest BCUT2D eigenvalue weighted by Crippen LogP contribution is 2.37. The minimum Gasteiger partial charge on any atom is -0.477 e. The lowest BCUT2D eigenvalue weighted by atomic mass is 9.95. The first-order chi connectivity index (χ1) is 12.7. The SMILES string of the molecule is CCc1ccc(C(F)(F)F)cc1-c1cc(-c2cc(N)ncn2)[nH]c1C(=O)O. The average molecular weight is 376 g/mol. The number of aromatic amines is 1. The standard InChI is InChI=1S/C18H15F3N4O2/c1-2-9-3-4-10(18(19,20)21)5-11(9)12-6-14(25-16(12)17(26)27)13-7-15(22)24-8-23-13/h3-8,25H,2H2,1H3,(H,26,27)(H2,22,23,24). The Morgan fingerprint density at radius 1 is 1.19 bits per heavy atom. The molecule has 3 rings (SSSR count). The predicted molar refractivity (Wildman–Crippen MR) is 93.0 cm³/mol. The first-order valence-electron chi connectivity index (χ1n) is 7.95. The fourth-order valence-corrected chi connectivity index (χ4v) is 2.81. The monoisotopic (exact) mass is 376 g/mol. The van der Waals surface area contributed by atoms with Crippen LogP contribution < -0.4 is 5.73 Å². The molecule has 0 atom stereocenters. The average Bonchev–Trinajstić information content (AvgIpc) is 3.06. The van der Waals surface area contributed by atoms with Crippen molar-refractivity contribution in [2.45, 2.75) is 19.5 Å². The van der Waals surface area contributed by atoms with Gasteiger partial charge in [-0.25, -0.2) is 14.8 Å². The highest BCUT2D eigenvalue weighted by atomic mass is 19.4. The Morgan fingerprint density at radius 3 is 2.52 bits per heavy atom. The van der Waals surface area contributed by atoms with Gasteiger partial charge in [0.1, 0.15) is 17.8 Å². The molecule has 0 unspecified atom stereocenters. The van der Waals surface area contributed by atoms with Crippen LogP contribution in [0.3, 0.4) is 0 Å². The number of aromatic carboxylic acids is 1. The van der Waals surface area contributed by atoms with Crippen molar-refractivity contribution in [2.75, 3.05) is 5.73 Å². The molecule has 3 aromatic rings. The van der Waals surface area contributed by atoms with E-state index in [9.17, 15) is 23.1 Å². The number of nitrogens with zero attached hydrogens (tertiary/aromatic N) is 2. The number of nitrogen functional groups attached to an aromatic ring is 1. The van der Waals surface area contributed by atoms with Crippen LogP contribution in [0.5, 0.6) is 0 Å². The minimum absolute atomic E-state index is 0.151. The van der Waals surface area contributed by atoms with E-state index in [1.165, 1.54) is 24.5 Å². The van der Waals surface area contributed by atoms with Crippen LogP contribution in [0.15, 0.2) is 36.7 Å². The fourth-order valence-electron chi connectivity index (χ4n) is 2.81. The van der Waals surface area contributed by atoms with E-state index in [0.717, 1.165) is 12.1 Å². The minimum atomic E-state index is -4.54. The second-order valence-corrected chi connectivity index (χ2v) is 5.83. The Hall–Kier alpha value is -3.36. The largest absolute Gasteiger partial charge is 0.477 e. The van der Waals surface area contributed by atoms with Crippen LogP contribution in [0.2, 0.25) is 0 Å². The number of aromatic nitrogens is 3. The van der Waals surface area contributed by atoms with Crippen molar-refractivity contribution in [3.63, 3.8) is 0 Å². The third kappa shape index (κ3) is 3.62. The summed E-state index contributed by atoms with van der Waals surface area (Å²) in [4.78, 5) is 22.2. The number of hydrogen-bond acceptors (Lipinski definition) is 4. The quantitative estimate of drug-likeness (QED) is 0.638. The van der Waals surface area contributed by atoms with E-state index in [-0.39, 0.29) is 22.6 Å². The van der Waals surface area contributed by atoms with Crippen LogP contribution in [0.1, 0.15) is 28.5 Å². The van der Waals surface area contributed by atoms with Gasteiger partial charge in [0.25, 0.3) is 0 Å². The summed E-state index contributed by atoms with van der Waals surface area (Å²) in [6.45, 7) is 1.78. The van der Waals surface area contributed by atoms with Gasteiger partial charge in [0.2, 0.25) is 0 Å². The van der Waals surface area contributed by atoms with Crippen LogP contribution >= 0.6 is 0 Å². The van der Waals surface area contributed by atoms with Crippen LogP contribution in [0, 0.1) is 0 Å². The van der Waals surface area contributed by atoms with Crippen molar-refractivity contribution < 1.29 is 23.1 Å². The van der Waals surface area contributed by atoms with Crippen molar-refractivity contribution >= 4 is 11.8 Å². The zero-order chi connectivity index (χ0) is 19.8. The van der Waals surface area contributed by atoms with Gasteiger partial charge in [-0.3, -0.25) is 0 Å². The molecule has 0 saturated heterocycles. The maximum absolute atomic E-state index is 13.1. The molecular weight excluding hydrogens is 361 g/mol. The molecule has 0 radical (unpaired) electrons. The van der Waals surface area contributed by atoms with E-state index in [0.29, 0.717) is 23.4 Å². The number of alkyl halides is 3. The van der Waals surface area contributed by atoms with E-state index in [2.05, 4.69) is 15.0 Å². The molecule has 0 fully saturated rings. The number of carbonyl (C=O) groups is 1. The zero-order valence-corrected chi connectivity index (χ0v) is 14.1. The van der Waals surface area contributed by atoms with E-state index in [1.807, 2.05) is 0 Å². The molecule has 0 bridgehead atoms. The highest BCUT2D eigenvalue weighted by molar-refractivity contribution is 5.96. The van der Waals surface area contributed by atoms with Gasteiger partial charge in [0.15, 0.2) is 0 Å². The summed E-state index contributed by atoms with van der Waals surface area (Å²) in [5.41, 5.74) is 6.15. The number of hydrogen-bond donors (Lipinski definition) is 3. The summed E-state index contributed by atoms with van der Waals surface area (Å²) in [7, 11) is 0. The molecule has 0 aliphatic heterocycles. The van der Waals surface area contributed by atoms with Crippen molar-refractivity contribution in [2.24, 2.45) is 0 Å². The Bertz CT molecular complexity index is 1010. The van der Waals surface area contributed by atoms with E-state index in [1.54, 1.807) is 6.92 Å². The van der Waals surface area contributed by atoms with Crippen molar-refractivity contribution in [3.05, 3.63) is 53.5 Å². The van der Waals surface area contributed by atoms with Crippen molar-refractivity contribution in [3.8, 4) is 22.5 Å². The van der Waals surface area contributed by atoms with E-state index in [4.69, 9.17) is 5.73 Å². The molecule has 0 spiro atoms. The lowest BCUT2D eigenvalue weighted by Gasteiger charge is -2.12. The topological polar surface area (TPSA) is 105 Å². The normalized spacial score (nSPS) is 11.6. The Morgan fingerprint density at radius 2 is 1.93 bits per heavy atom. The summed E-state index contributed by atoms with van der Waals surface area (Å²) in [6, 6.07) is 6.21. The summed E-state index contributed by atoms with van der Waals surface area (Å²) >= 11 is 0. The first-order valence-corrected chi connectivity index (χ1v) is 7.95.